The largest absolute Gasteiger partial charge is 0.481 e. The zero-order valence-electron chi connectivity index (χ0n) is 7.16. The van der Waals surface area contributed by atoms with Gasteiger partial charge in [-0.05, 0) is 6.42 Å². The summed E-state index contributed by atoms with van der Waals surface area (Å²) in [5.41, 5.74) is 5.22. The normalized spacial score (nSPS) is 12.8. The molecular weight excluding hydrogens is 162 g/mol. The molecule has 12 heavy (non-hydrogen) atoms. The monoisotopic (exact) mass is 177 g/mol. The number of nitrogens with two attached hydrogens (primary N) is 1. The maximum absolute atomic E-state index is 10.4. The molecule has 0 aromatic heterocycles. The van der Waals surface area contributed by atoms with Gasteiger partial charge < -0.3 is 20.3 Å². The minimum absolute atomic E-state index is 0.145. The second kappa shape index (κ2) is 7.02. The zero-order chi connectivity index (χ0) is 9.40. The minimum Gasteiger partial charge on any atom is -0.481 e. The predicted octanol–water partition coefficient (Wildman–Crippen LogP) is -0.343. The molecule has 3 N–H and O–H groups in total. The van der Waals surface area contributed by atoms with Crippen LogP contribution >= 0.6 is 0 Å². The van der Waals surface area contributed by atoms with Crippen LogP contribution in [0, 0.1) is 5.92 Å². The molecule has 0 saturated heterocycles. The van der Waals surface area contributed by atoms with Crippen LogP contribution in [0.25, 0.3) is 0 Å². The third-order valence-electron chi connectivity index (χ3n) is 1.45. The lowest BCUT2D eigenvalue weighted by Gasteiger charge is -2.08. The Hall–Kier alpha value is -0.650. The summed E-state index contributed by atoms with van der Waals surface area (Å²) in [7, 11) is 1.51. The Labute approximate surface area is 71.5 Å². The van der Waals surface area contributed by atoms with Gasteiger partial charge in [-0.15, -0.1) is 0 Å². The molecule has 0 rings (SSSR count). The molecule has 0 saturated carbocycles. The Morgan fingerprint density at radius 2 is 2.33 bits per heavy atom. The molecule has 5 nitrogen and oxygen atoms in total. The van der Waals surface area contributed by atoms with E-state index < -0.39 is 11.9 Å². The topological polar surface area (TPSA) is 81.8 Å². The van der Waals surface area contributed by atoms with E-state index in [0.29, 0.717) is 13.0 Å². The molecule has 0 aromatic rings. The van der Waals surface area contributed by atoms with Crippen LogP contribution in [0.1, 0.15) is 6.42 Å². The summed E-state index contributed by atoms with van der Waals surface area (Å²) in [5, 5.41) is 8.56. The van der Waals surface area contributed by atoms with Crippen molar-refractivity contribution in [2.75, 3.05) is 27.1 Å². The van der Waals surface area contributed by atoms with Crippen molar-refractivity contribution in [1.82, 2.24) is 0 Å². The molecule has 5 heteroatoms. The number of carboxylic acids is 1. The molecular formula is C7H15NO4. The Morgan fingerprint density at radius 1 is 1.67 bits per heavy atom. The number of hydrogen-bond donors (Lipinski definition) is 2. The van der Waals surface area contributed by atoms with Gasteiger partial charge in [0, 0.05) is 13.7 Å². The number of methoxy groups -OCH3 is 1. The summed E-state index contributed by atoms with van der Waals surface area (Å²) in [6, 6.07) is 0. The summed E-state index contributed by atoms with van der Waals surface area (Å²) < 4.78 is 9.54. The molecule has 0 bridgehead atoms. The van der Waals surface area contributed by atoms with Crippen LogP contribution in [0.2, 0.25) is 0 Å². The Bertz CT molecular complexity index is 129. The fraction of sp³-hybridized carbons (Fsp3) is 0.857. The summed E-state index contributed by atoms with van der Waals surface area (Å²) in [4.78, 5) is 10.4. The van der Waals surface area contributed by atoms with Gasteiger partial charge in [-0.1, -0.05) is 0 Å². The highest BCUT2D eigenvalue weighted by Crippen LogP contribution is 2.00. The van der Waals surface area contributed by atoms with Gasteiger partial charge in [-0.3, -0.25) is 4.79 Å². The highest BCUT2D eigenvalue weighted by atomic mass is 16.7. The van der Waals surface area contributed by atoms with Crippen LogP contribution < -0.4 is 5.73 Å². The summed E-state index contributed by atoms with van der Waals surface area (Å²) in [5.74, 6) is -1.39. The van der Waals surface area contributed by atoms with E-state index in [0.717, 1.165) is 0 Å². The summed E-state index contributed by atoms with van der Waals surface area (Å²) in [6.45, 7) is 0.699. The lowest BCUT2D eigenvalue weighted by atomic mass is 10.1. The van der Waals surface area contributed by atoms with Crippen molar-refractivity contribution in [3.63, 3.8) is 0 Å². The molecule has 0 aliphatic carbocycles. The molecule has 0 amide bonds. The molecule has 1 atom stereocenters. The quantitative estimate of drug-likeness (QED) is 0.410. The van der Waals surface area contributed by atoms with Crippen LogP contribution in [0.4, 0.5) is 0 Å². The number of ether oxygens (including phenoxy) is 2. The minimum atomic E-state index is -0.876. The molecule has 1 unspecified atom stereocenters. The average molecular weight is 177 g/mol. The average Bonchev–Trinajstić information content (AvgIpc) is 2.04. The molecule has 0 fully saturated rings. The van der Waals surface area contributed by atoms with Crippen LogP contribution in [-0.2, 0) is 14.3 Å². The zero-order valence-corrected chi connectivity index (χ0v) is 7.16. The van der Waals surface area contributed by atoms with Crippen LogP contribution in [0.5, 0.6) is 0 Å². The van der Waals surface area contributed by atoms with Crippen molar-refractivity contribution in [3.8, 4) is 0 Å². The number of carboxylic acid groups (broad SMARTS) is 1. The van der Waals surface area contributed by atoms with Gasteiger partial charge >= 0.3 is 5.97 Å². The number of rotatable bonds is 7. The fourth-order valence-corrected chi connectivity index (χ4v) is 0.710. The molecule has 0 heterocycles. The van der Waals surface area contributed by atoms with Crippen molar-refractivity contribution in [2.24, 2.45) is 11.7 Å². The van der Waals surface area contributed by atoms with Crippen molar-refractivity contribution < 1.29 is 19.4 Å². The van der Waals surface area contributed by atoms with E-state index in [1.54, 1.807) is 0 Å². The maximum atomic E-state index is 10.4. The molecule has 0 radical (unpaired) electrons. The first kappa shape index (κ1) is 11.4. The smallest absolute Gasteiger partial charge is 0.307 e. The summed E-state index contributed by atoms with van der Waals surface area (Å²) in [6.07, 6.45) is 0.426. The molecule has 0 aromatic carbocycles. The van der Waals surface area contributed by atoms with Crippen LogP contribution in [-0.4, -0.2) is 38.1 Å². The number of carbonyl (C=O) groups is 1. The number of hydrogen-bond acceptors (Lipinski definition) is 4. The van der Waals surface area contributed by atoms with Crippen molar-refractivity contribution >= 4 is 5.97 Å². The first-order valence-electron chi connectivity index (χ1n) is 3.72. The summed E-state index contributed by atoms with van der Waals surface area (Å²) >= 11 is 0. The third kappa shape index (κ3) is 5.06. The van der Waals surface area contributed by atoms with E-state index >= 15 is 0 Å². The standard InChI is InChI=1S/C7H15NO4/c1-11-5-12-3-2-6(4-8)7(9)10/h6H,2-5,8H2,1H3,(H,9,10). The van der Waals surface area contributed by atoms with Gasteiger partial charge in [-0.2, -0.15) is 0 Å². The van der Waals surface area contributed by atoms with Gasteiger partial charge in [0.05, 0.1) is 12.5 Å². The highest BCUT2D eigenvalue weighted by molar-refractivity contribution is 5.70. The fourth-order valence-electron chi connectivity index (χ4n) is 0.710. The van der Waals surface area contributed by atoms with Crippen molar-refractivity contribution in [2.45, 2.75) is 6.42 Å². The third-order valence-corrected chi connectivity index (χ3v) is 1.45. The van der Waals surface area contributed by atoms with E-state index in [1.807, 2.05) is 0 Å². The van der Waals surface area contributed by atoms with E-state index in [1.165, 1.54) is 7.11 Å². The molecule has 0 aliphatic rings. The van der Waals surface area contributed by atoms with Crippen LogP contribution in [0.3, 0.4) is 0 Å². The van der Waals surface area contributed by atoms with E-state index in [4.69, 9.17) is 15.6 Å². The molecule has 0 spiro atoms. The SMILES string of the molecule is COCOCCC(CN)C(=O)O. The molecule has 0 aliphatic heterocycles. The molecule has 72 valence electrons. The van der Waals surface area contributed by atoms with Gasteiger partial charge in [0.15, 0.2) is 0 Å². The first-order valence-corrected chi connectivity index (χ1v) is 3.72. The van der Waals surface area contributed by atoms with Crippen molar-refractivity contribution in [3.05, 3.63) is 0 Å². The lowest BCUT2D eigenvalue weighted by molar-refractivity contribution is -0.142. The van der Waals surface area contributed by atoms with Gasteiger partial charge in [-0.25, -0.2) is 0 Å². The van der Waals surface area contributed by atoms with Crippen molar-refractivity contribution in [1.29, 1.82) is 0 Å². The lowest BCUT2D eigenvalue weighted by Crippen LogP contribution is -2.24. The predicted molar refractivity (Wildman–Crippen MR) is 42.6 cm³/mol. The first-order chi connectivity index (χ1) is 5.72. The maximum Gasteiger partial charge on any atom is 0.307 e. The van der Waals surface area contributed by atoms with E-state index in [-0.39, 0.29) is 13.3 Å². The Morgan fingerprint density at radius 3 is 2.75 bits per heavy atom. The second-order valence-corrected chi connectivity index (χ2v) is 2.37. The van der Waals surface area contributed by atoms with Gasteiger partial charge in [0.2, 0.25) is 0 Å². The Kier molecular flexibility index (Phi) is 6.64. The van der Waals surface area contributed by atoms with Gasteiger partial charge in [0.25, 0.3) is 0 Å². The van der Waals surface area contributed by atoms with Gasteiger partial charge in [0.1, 0.15) is 6.79 Å². The Balaban J connectivity index is 3.38. The van der Waals surface area contributed by atoms with Crippen LogP contribution in [0.15, 0.2) is 0 Å². The second-order valence-electron chi connectivity index (χ2n) is 2.37. The van der Waals surface area contributed by atoms with E-state index in [2.05, 4.69) is 4.74 Å². The van der Waals surface area contributed by atoms with E-state index in [9.17, 15) is 4.79 Å². The highest BCUT2D eigenvalue weighted by Gasteiger charge is 2.14. The number of aliphatic carboxylic acids is 1.